The second-order valence-electron chi connectivity index (χ2n) is 3.53. The molecule has 2 aromatic carbocycles. The van der Waals surface area contributed by atoms with E-state index in [1.165, 1.54) is 0 Å². The number of hydrogen-bond acceptors (Lipinski definition) is 2. The molecule has 0 bridgehead atoms. The molecule has 0 radical (unpaired) electrons. The number of nitrogens with two attached hydrogens (primary N) is 1. The van der Waals surface area contributed by atoms with Crippen molar-refractivity contribution in [1.29, 1.82) is 0 Å². The van der Waals surface area contributed by atoms with Crippen LogP contribution in [0.3, 0.4) is 0 Å². The Hall–Kier alpha value is -0.670. The highest BCUT2D eigenvalue weighted by Gasteiger charge is 2.04. The first-order valence-electron chi connectivity index (χ1n) is 5.11. The third-order valence-corrected chi connectivity index (χ3v) is 3.98. The fourth-order valence-electron chi connectivity index (χ4n) is 1.42. The molecule has 17 heavy (non-hydrogen) atoms. The van der Waals surface area contributed by atoms with Gasteiger partial charge in [-0.3, -0.25) is 0 Å². The molecule has 1 nitrogen and oxygen atoms in total. The van der Waals surface area contributed by atoms with Gasteiger partial charge in [0.1, 0.15) is 0 Å². The fraction of sp³-hybridized carbons (Fsp3) is 0.0769. The Kier molecular flexibility index (Phi) is 4.35. The second-order valence-corrected chi connectivity index (χ2v) is 5.49. The summed E-state index contributed by atoms with van der Waals surface area (Å²) in [7, 11) is 0. The summed E-state index contributed by atoms with van der Waals surface area (Å²) in [4.78, 5) is 2.06. The zero-order valence-corrected chi connectivity index (χ0v) is 11.3. The van der Waals surface area contributed by atoms with Gasteiger partial charge in [-0.05, 0) is 35.9 Å². The monoisotopic (exact) mass is 283 g/mol. The van der Waals surface area contributed by atoms with Gasteiger partial charge in [-0.15, -0.1) is 0 Å². The van der Waals surface area contributed by atoms with Crippen molar-refractivity contribution in [2.45, 2.75) is 16.3 Å². The predicted octanol–water partition coefficient (Wildman–Crippen LogP) is 4.60. The molecule has 2 aromatic rings. The number of rotatable bonds is 3. The van der Waals surface area contributed by atoms with Gasteiger partial charge in [0.25, 0.3) is 0 Å². The Morgan fingerprint density at radius 2 is 1.88 bits per heavy atom. The Balaban J connectivity index is 2.27. The van der Waals surface area contributed by atoms with Crippen molar-refractivity contribution in [3.63, 3.8) is 0 Å². The van der Waals surface area contributed by atoms with E-state index in [4.69, 9.17) is 28.9 Å². The van der Waals surface area contributed by atoms with Gasteiger partial charge in [-0.25, -0.2) is 0 Å². The average molecular weight is 284 g/mol. The third-order valence-electron chi connectivity index (χ3n) is 2.26. The lowest BCUT2D eigenvalue weighted by Crippen LogP contribution is -1.95. The normalized spacial score (nSPS) is 10.5. The van der Waals surface area contributed by atoms with Crippen LogP contribution in [0, 0.1) is 0 Å². The van der Waals surface area contributed by atoms with Gasteiger partial charge in [-0.2, -0.15) is 0 Å². The van der Waals surface area contributed by atoms with Crippen LogP contribution in [-0.4, -0.2) is 0 Å². The molecule has 0 fully saturated rings. The van der Waals surface area contributed by atoms with Gasteiger partial charge in [0.2, 0.25) is 0 Å². The average Bonchev–Trinajstić information content (AvgIpc) is 2.34. The molecule has 0 saturated heterocycles. The van der Waals surface area contributed by atoms with Crippen molar-refractivity contribution >= 4 is 35.0 Å². The first-order chi connectivity index (χ1) is 8.19. The van der Waals surface area contributed by atoms with Crippen molar-refractivity contribution in [2.75, 3.05) is 0 Å². The van der Waals surface area contributed by atoms with Crippen molar-refractivity contribution in [1.82, 2.24) is 0 Å². The summed E-state index contributed by atoms with van der Waals surface area (Å²) >= 11 is 13.7. The van der Waals surface area contributed by atoms with Crippen molar-refractivity contribution in [2.24, 2.45) is 5.73 Å². The highest BCUT2D eigenvalue weighted by atomic mass is 35.5. The number of halogens is 2. The Morgan fingerprint density at radius 1 is 1.06 bits per heavy atom. The molecule has 88 valence electrons. The molecule has 0 spiro atoms. The molecule has 0 heterocycles. The van der Waals surface area contributed by atoms with Gasteiger partial charge in [0, 0.05) is 21.4 Å². The molecule has 2 rings (SSSR count). The lowest BCUT2D eigenvalue weighted by Gasteiger charge is -2.06. The minimum absolute atomic E-state index is 0.539. The summed E-state index contributed by atoms with van der Waals surface area (Å²) in [6.07, 6.45) is 0. The van der Waals surface area contributed by atoms with E-state index >= 15 is 0 Å². The van der Waals surface area contributed by atoms with Crippen molar-refractivity contribution in [3.05, 3.63) is 58.1 Å². The van der Waals surface area contributed by atoms with E-state index in [0.29, 0.717) is 16.6 Å². The first kappa shape index (κ1) is 12.8. The van der Waals surface area contributed by atoms with E-state index in [0.717, 1.165) is 15.4 Å². The minimum Gasteiger partial charge on any atom is -0.326 e. The van der Waals surface area contributed by atoms with Gasteiger partial charge in [0.05, 0.1) is 5.02 Å². The highest BCUT2D eigenvalue weighted by molar-refractivity contribution is 7.99. The molecular formula is C13H11Cl2NS. The quantitative estimate of drug-likeness (QED) is 0.891. The summed E-state index contributed by atoms with van der Waals surface area (Å²) in [6, 6.07) is 13.5. The lowest BCUT2D eigenvalue weighted by atomic mass is 10.2. The van der Waals surface area contributed by atoms with E-state index < -0.39 is 0 Å². The lowest BCUT2D eigenvalue weighted by molar-refractivity contribution is 1.06. The zero-order chi connectivity index (χ0) is 12.3. The Labute approximate surface area is 115 Å². The SMILES string of the molecule is NCc1cccc(Sc2cc(Cl)ccc2Cl)c1. The third kappa shape index (κ3) is 3.39. The Bertz CT molecular complexity index is 529. The molecule has 0 aromatic heterocycles. The standard InChI is InChI=1S/C13H11Cl2NS/c14-10-4-5-12(15)13(7-10)17-11-3-1-2-9(6-11)8-16/h1-7H,8,16H2. The van der Waals surface area contributed by atoms with Gasteiger partial charge < -0.3 is 5.73 Å². The van der Waals surface area contributed by atoms with Crippen LogP contribution < -0.4 is 5.73 Å². The van der Waals surface area contributed by atoms with E-state index in [1.54, 1.807) is 23.9 Å². The summed E-state index contributed by atoms with van der Waals surface area (Å²) in [5, 5.41) is 1.39. The van der Waals surface area contributed by atoms with Crippen LogP contribution >= 0.6 is 35.0 Å². The largest absolute Gasteiger partial charge is 0.326 e. The van der Waals surface area contributed by atoms with Crippen molar-refractivity contribution in [3.8, 4) is 0 Å². The maximum absolute atomic E-state index is 6.12. The van der Waals surface area contributed by atoms with Crippen LogP contribution in [0.1, 0.15) is 5.56 Å². The molecule has 0 aliphatic heterocycles. The predicted molar refractivity (Wildman–Crippen MR) is 74.9 cm³/mol. The Morgan fingerprint density at radius 3 is 2.65 bits per heavy atom. The van der Waals surface area contributed by atoms with E-state index in [9.17, 15) is 0 Å². The van der Waals surface area contributed by atoms with E-state index in [-0.39, 0.29) is 0 Å². The molecule has 0 aliphatic carbocycles. The summed E-state index contributed by atoms with van der Waals surface area (Å²) < 4.78 is 0. The van der Waals surface area contributed by atoms with Crippen LogP contribution in [0.4, 0.5) is 0 Å². The maximum atomic E-state index is 6.12. The molecule has 0 atom stereocenters. The number of hydrogen-bond donors (Lipinski definition) is 1. The van der Waals surface area contributed by atoms with Crippen LogP contribution in [-0.2, 0) is 6.54 Å². The molecule has 0 aliphatic rings. The molecule has 2 N–H and O–H groups in total. The minimum atomic E-state index is 0.539. The summed E-state index contributed by atoms with van der Waals surface area (Å²) in [5.74, 6) is 0. The number of benzene rings is 2. The molecule has 0 amide bonds. The second kappa shape index (κ2) is 5.78. The fourth-order valence-corrected chi connectivity index (χ4v) is 2.85. The summed E-state index contributed by atoms with van der Waals surface area (Å²) in [6.45, 7) is 0.539. The van der Waals surface area contributed by atoms with Gasteiger partial charge in [0.15, 0.2) is 0 Å². The van der Waals surface area contributed by atoms with Crippen LogP contribution in [0.15, 0.2) is 52.3 Å². The molecule has 0 saturated carbocycles. The highest BCUT2D eigenvalue weighted by Crippen LogP contribution is 2.35. The van der Waals surface area contributed by atoms with Crippen LogP contribution in [0.25, 0.3) is 0 Å². The van der Waals surface area contributed by atoms with Gasteiger partial charge >= 0.3 is 0 Å². The van der Waals surface area contributed by atoms with Gasteiger partial charge in [-0.1, -0.05) is 47.1 Å². The summed E-state index contributed by atoms with van der Waals surface area (Å²) in [5.41, 5.74) is 6.71. The van der Waals surface area contributed by atoms with Crippen molar-refractivity contribution < 1.29 is 0 Å². The zero-order valence-electron chi connectivity index (χ0n) is 8.99. The molecular weight excluding hydrogens is 273 g/mol. The molecule has 4 heteroatoms. The molecule has 0 unspecified atom stereocenters. The smallest absolute Gasteiger partial charge is 0.0546 e. The van der Waals surface area contributed by atoms with E-state index in [1.807, 2.05) is 24.3 Å². The topological polar surface area (TPSA) is 26.0 Å². The van der Waals surface area contributed by atoms with E-state index in [2.05, 4.69) is 6.07 Å². The first-order valence-corrected chi connectivity index (χ1v) is 6.68. The maximum Gasteiger partial charge on any atom is 0.0546 e. The van der Waals surface area contributed by atoms with Crippen LogP contribution in [0.5, 0.6) is 0 Å². The van der Waals surface area contributed by atoms with Crippen LogP contribution in [0.2, 0.25) is 10.0 Å².